The monoisotopic (exact) mass is 242 g/mol. The van der Waals surface area contributed by atoms with E-state index < -0.39 is 0 Å². The van der Waals surface area contributed by atoms with Crippen LogP contribution in [0.25, 0.3) is 0 Å². The Balaban J connectivity index is 2.59. The fourth-order valence-corrected chi connectivity index (χ4v) is 2.32. The summed E-state index contributed by atoms with van der Waals surface area (Å²) in [6.07, 6.45) is 0.296. The number of amides is 1. The lowest BCUT2D eigenvalue weighted by molar-refractivity contribution is -0.119. The molecule has 0 aliphatic carbocycles. The van der Waals surface area contributed by atoms with Crippen LogP contribution < -0.4 is 11.5 Å². The Morgan fingerprint density at radius 3 is 2.81 bits per heavy atom. The molecule has 0 radical (unpaired) electrons. The molecule has 5 nitrogen and oxygen atoms in total. The van der Waals surface area contributed by atoms with E-state index in [1.165, 1.54) is 4.88 Å². The summed E-state index contributed by atoms with van der Waals surface area (Å²) in [6.45, 7) is 3.16. The van der Waals surface area contributed by atoms with Gasteiger partial charge < -0.3 is 11.5 Å². The van der Waals surface area contributed by atoms with Gasteiger partial charge in [-0.2, -0.15) is 0 Å². The van der Waals surface area contributed by atoms with Crippen LogP contribution in [0, 0.1) is 6.92 Å². The molecular formula is C10H18N4OS. The molecule has 1 heterocycles. The van der Waals surface area contributed by atoms with Crippen molar-refractivity contribution in [3.63, 3.8) is 0 Å². The lowest BCUT2D eigenvalue weighted by Crippen LogP contribution is -2.40. The van der Waals surface area contributed by atoms with Crippen LogP contribution in [-0.4, -0.2) is 35.4 Å². The number of hydrogen-bond donors (Lipinski definition) is 2. The molecule has 4 N–H and O–H groups in total. The van der Waals surface area contributed by atoms with Crippen molar-refractivity contribution >= 4 is 17.2 Å². The molecule has 16 heavy (non-hydrogen) atoms. The van der Waals surface area contributed by atoms with Crippen molar-refractivity contribution in [3.8, 4) is 0 Å². The summed E-state index contributed by atoms with van der Waals surface area (Å²) in [5.41, 5.74) is 13.7. The van der Waals surface area contributed by atoms with Crippen molar-refractivity contribution < 1.29 is 4.79 Å². The van der Waals surface area contributed by atoms with Gasteiger partial charge in [0.15, 0.2) is 0 Å². The Bertz CT molecular complexity index is 352. The molecule has 6 heteroatoms. The third-order valence-electron chi connectivity index (χ3n) is 2.57. The van der Waals surface area contributed by atoms with Crippen molar-refractivity contribution in [1.29, 1.82) is 0 Å². The van der Waals surface area contributed by atoms with E-state index in [9.17, 15) is 4.79 Å². The van der Waals surface area contributed by atoms with E-state index in [4.69, 9.17) is 11.5 Å². The van der Waals surface area contributed by atoms with Gasteiger partial charge in [-0.05, 0) is 14.0 Å². The number of hydrogen-bond acceptors (Lipinski definition) is 5. The quantitative estimate of drug-likeness (QED) is 0.740. The lowest BCUT2D eigenvalue weighted by Gasteiger charge is -2.25. The number of nitrogens with zero attached hydrogens (tertiary/aromatic N) is 2. The summed E-state index contributed by atoms with van der Waals surface area (Å²) in [7, 11) is 1.94. The van der Waals surface area contributed by atoms with Gasteiger partial charge in [0, 0.05) is 30.4 Å². The predicted octanol–water partition coefficient (Wildman–Crippen LogP) is 0.0860. The van der Waals surface area contributed by atoms with E-state index in [0.717, 1.165) is 12.2 Å². The zero-order valence-electron chi connectivity index (χ0n) is 9.64. The molecule has 0 saturated heterocycles. The number of rotatable bonds is 6. The highest BCUT2D eigenvalue weighted by Crippen LogP contribution is 2.15. The fraction of sp³-hybridized carbons (Fsp3) is 0.600. The normalized spacial score (nSPS) is 13.0. The van der Waals surface area contributed by atoms with Crippen LogP contribution in [0.1, 0.15) is 17.0 Å². The molecular weight excluding hydrogens is 224 g/mol. The van der Waals surface area contributed by atoms with Crippen LogP contribution in [0.3, 0.4) is 0 Å². The number of primary amides is 1. The molecule has 0 fully saturated rings. The predicted molar refractivity (Wildman–Crippen MR) is 65.0 cm³/mol. The fourth-order valence-electron chi connectivity index (χ4n) is 1.48. The molecule has 1 aromatic rings. The molecule has 0 aliphatic heterocycles. The number of carbonyl (C=O) groups excluding carboxylic acids is 1. The highest BCUT2D eigenvalue weighted by Gasteiger charge is 2.17. The Morgan fingerprint density at radius 1 is 1.69 bits per heavy atom. The zero-order valence-corrected chi connectivity index (χ0v) is 10.5. The molecule has 1 rings (SSSR count). The molecule has 90 valence electrons. The molecule has 0 aliphatic rings. The number of carbonyl (C=O) groups is 1. The van der Waals surface area contributed by atoms with Crippen LogP contribution in [0.15, 0.2) is 5.51 Å². The summed E-state index contributed by atoms with van der Waals surface area (Å²) in [4.78, 5) is 18.3. The van der Waals surface area contributed by atoms with E-state index in [1.807, 2.05) is 24.4 Å². The maximum atomic E-state index is 10.9. The minimum absolute atomic E-state index is 0.000926. The van der Waals surface area contributed by atoms with Crippen LogP contribution in [0.2, 0.25) is 0 Å². The number of thiazole rings is 1. The van der Waals surface area contributed by atoms with E-state index >= 15 is 0 Å². The van der Waals surface area contributed by atoms with Gasteiger partial charge in [0.25, 0.3) is 0 Å². The molecule has 0 aromatic carbocycles. The van der Waals surface area contributed by atoms with Gasteiger partial charge in [-0.25, -0.2) is 4.98 Å². The maximum Gasteiger partial charge on any atom is 0.219 e. The van der Waals surface area contributed by atoms with Crippen LogP contribution in [-0.2, 0) is 11.3 Å². The van der Waals surface area contributed by atoms with Crippen LogP contribution in [0.4, 0.5) is 0 Å². The molecule has 1 amide bonds. The average molecular weight is 242 g/mol. The van der Waals surface area contributed by atoms with Gasteiger partial charge in [0.05, 0.1) is 11.2 Å². The second-order valence-electron chi connectivity index (χ2n) is 3.84. The van der Waals surface area contributed by atoms with E-state index in [1.54, 1.807) is 11.3 Å². The zero-order chi connectivity index (χ0) is 12.1. The lowest BCUT2D eigenvalue weighted by atomic mass is 10.1. The first-order valence-corrected chi connectivity index (χ1v) is 6.00. The summed E-state index contributed by atoms with van der Waals surface area (Å²) in [5.74, 6) is -0.316. The van der Waals surface area contributed by atoms with Gasteiger partial charge in [-0.3, -0.25) is 9.69 Å². The largest absolute Gasteiger partial charge is 0.370 e. The van der Waals surface area contributed by atoms with Gasteiger partial charge in [0.1, 0.15) is 0 Å². The molecule has 0 bridgehead atoms. The summed E-state index contributed by atoms with van der Waals surface area (Å²) in [6, 6.07) is -0.000926. The SMILES string of the molecule is Cc1ncsc1CN(C)C(CN)CC(N)=O. The number of nitrogens with two attached hydrogens (primary N) is 2. The second-order valence-corrected chi connectivity index (χ2v) is 4.78. The number of aryl methyl sites for hydroxylation is 1. The minimum Gasteiger partial charge on any atom is -0.370 e. The first-order chi connectivity index (χ1) is 7.54. The average Bonchev–Trinajstić information content (AvgIpc) is 2.60. The Hall–Kier alpha value is -0.980. The first-order valence-electron chi connectivity index (χ1n) is 5.12. The van der Waals surface area contributed by atoms with Crippen molar-refractivity contribution in [2.45, 2.75) is 25.9 Å². The molecule has 0 spiro atoms. The third kappa shape index (κ3) is 3.55. The summed E-state index contributed by atoms with van der Waals surface area (Å²) < 4.78 is 0. The highest BCUT2D eigenvalue weighted by atomic mass is 32.1. The molecule has 1 aromatic heterocycles. The van der Waals surface area contributed by atoms with Gasteiger partial charge in [-0.1, -0.05) is 0 Å². The van der Waals surface area contributed by atoms with E-state index in [2.05, 4.69) is 4.98 Å². The molecule has 1 unspecified atom stereocenters. The Morgan fingerprint density at radius 2 is 2.38 bits per heavy atom. The van der Waals surface area contributed by atoms with Crippen LogP contribution in [0.5, 0.6) is 0 Å². The third-order valence-corrected chi connectivity index (χ3v) is 3.49. The minimum atomic E-state index is -0.316. The van der Waals surface area contributed by atoms with Gasteiger partial charge in [-0.15, -0.1) is 11.3 Å². The van der Waals surface area contributed by atoms with E-state index in [0.29, 0.717) is 13.0 Å². The Kier molecular flexibility index (Phi) is 4.85. The number of aromatic nitrogens is 1. The van der Waals surface area contributed by atoms with E-state index in [-0.39, 0.29) is 11.9 Å². The molecule has 1 atom stereocenters. The maximum absolute atomic E-state index is 10.9. The van der Waals surface area contributed by atoms with Gasteiger partial charge in [0.2, 0.25) is 5.91 Å². The Labute approximate surface area is 99.4 Å². The van der Waals surface area contributed by atoms with Crippen molar-refractivity contribution in [3.05, 3.63) is 16.1 Å². The van der Waals surface area contributed by atoms with Crippen molar-refractivity contribution in [1.82, 2.24) is 9.88 Å². The number of likely N-dealkylation sites (N-methyl/N-ethyl adjacent to an activating group) is 1. The smallest absolute Gasteiger partial charge is 0.219 e. The first kappa shape index (κ1) is 13.1. The summed E-state index contributed by atoms with van der Waals surface area (Å²) in [5, 5.41) is 0. The van der Waals surface area contributed by atoms with Crippen LogP contribution >= 0.6 is 11.3 Å². The topological polar surface area (TPSA) is 85.2 Å². The van der Waals surface area contributed by atoms with Crippen molar-refractivity contribution in [2.24, 2.45) is 11.5 Å². The second kappa shape index (κ2) is 5.93. The standard InChI is InChI=1S/C10H18N4OS/c1-7-9(16-6-13-7)5-14(2)8(4-11)3-10(12)15/h6,8H,3-5,11H2,1-2H3,(H2,12,15). The molecule has 0 saturated carbocycles. The van der Waals surface area contributed by atoms with Gasteiger partial charge >= 0.3 is 0 Å². The summed E-state index contributed by atoms with van der Waals surface area (Å²) >= 11 is 1.61. The van der Waals surface area contributed by atoms with Crippen molar-refractivity contribution in [2.75, 3.05) is 13.6 Å². The highest BCUT2D eigenvalue weighted by molar-refractivity contribution is 7.09.